The second kappa shape index (κ2) is 2.36. The van der Waals surface area contributed by atoms with Gasteiger partial charge in [-0.15, -0.1) is 0 Å². The third-order valence-electron chi connectivity index (χ3n) is 0.126. The van der Waals surface area contributed by atoms with Gasteiger partial charge < -0.3 is 5.21 Å². The fourth-order valence-electron chi connectivity index (χ4n) is 0.0365. The molecule has 0 aromatic rings. The highest BCUT2D eigenvalue weighted by molar-refractivity contribution is 4.31. The van der Waals surface area contributed by atoms with E-state index in [9.17, 15) is 0 Å². The lowest BCUT2D eigenvalue weighted by molar-refractivity contribution is -0.441. The van der Waals surface area contributed by atoms with Gasteiger partial charge >= 0.3 is 0 Å². The van der Waals surface area contributed by atoms with Crippen LogP contribution in [-0.4, -0.2) is 10.2 Å². The number of rotatable bonds is 2. The van der Waals surface area contributed by atoms with Crippen molar-refractivity contribution >= 4 is 0 Å². The van der Waals surface area contributed by atoms with Crippen LogP contribution in [0.1, 0.15) is 0 Å². The standard InChI is InChI=1S/H2N3O3/c4-2-1-3(5)6/h2,4H/q-1. The monoisotopic (exact) mass is 92.0 g/mol. The Morgan fingerprint density at radius 1 is 2.00 bits per heavy atom. The van der Waals surface area contributed by atoms with Crippen molar-refractivity contribution < 1.29 is 10.2 Å². The average molecular weight is 92.0 g/mol. The Balaban J connectivity index is 2.83. The van der Waals surface area contributed by atoms with E-state index in [4.69, 9.17) is 15.3 Å². The van der Waals surface area contributed by atoms with Crippen LogP contribution in [0.25, 0.3) is 5.53 Å². The molecular formula is H2N3O3-. The van der Waals surface area contributed by atoms with Crippen LogP contribution in [0.2, 0.25) is 0 Å². The summed E-state index contributed by atoms with van der Waals surface area (Å²) in [5, 5.41) is 15.3. The maximum Gasteiger partial charge on any atom is 0.000993 e. The summed E-state index contributed by atoms with van der Waals surface area (Å²) >= 11 is 0. The largest absolute Gasteiger partial charge is 0.328 e. The van der Waals surface area contributed by atoms with E-state index in [-0.39, 0.29) is 0 Å². The molecule has 0 saturated carbocycles. The Morgan fingerprint density at radius 2 is 2.50 bits per heavy atom. The maximum atomic E-state index is 9.02. The van der Waals surface area contributed by atoms with Crippen LogP contribution >= 0.6 is 0 Å². The lowest BCUT2D eigenvalue weighted by atomic mass is 12.4. The van der Waals surface area contributed by atoms with Crippen LogP contribution in [0, 0.1) is 10.1 Å². The molecule has 0 atom stereocenters. The quantitative estimate of drug-likeness (QED) is 0.353. The third-order valence-corrected chi connectivity index (χ3v) is 0.126. The fourth-order valence-corrected chi connectivity index (χ4v) is 0.0365. The highest BCUT2D eigenvalue weighted by Gasteiger charge is 1.64. The van der Waals surface area contributed by atoms with Gasteiger partial charge in [0, 0.05) is 5.03 Å². The molecular weight excluding hydrogens is 90.0 g/mol. The molecule has 0 aromatic heterocycles. The van der Waals surface area contributed by atoms with Gasteiger partial charge in [-0.25, -0.2) is 5.59 Å². The first-order valence-electron chi connectivity index (χ1n) is 1.01. The summed E-state index contributed by atoms with van der Waals surface area (Å²) in [6.45, 7) is 0. The zero-order valence-electron chi connectivity index (χ0n) is 2.66. The van der Waals surface area contributed by atoms with Crippen molar-refractivity contribution in [1.29, 1.82) is 0 Å². The number of nitro groups is 1. The first-order valence-corrected chi connectivity index (χ1v) is 1.01. The van der Waals surface area contributed by atoms with Crippen molar-refractivity contribution in [2.24, 2.45) is 0 Å². The van der Waals surface area contributed by atoms with E-state index in [1.165, 1.54) is 0 Å². The third kappa shape index (κ3) is 3.12. The number of hydrogen-bond acceptors (Lipinski definition) is 4. The van der Waals surface area contributed by atoms with E-state index in [1.54, 1.807) is 0 Å². The van der Waals surface area contributed by atoms with Crippen LogP contribution in [0.5, 0.6) is 0 Å². The topological polar surface area (TPSA) is 89.5 Å². The number of nitrogens with zero attached hydrogens (tertiary/aromatic N) is 2. The van der Waals surface area contributed by atoms with Crippen LogP contribution in [-0.2, 0) is 0 Å². The van der Waals surface area contributed by atoms with Crippen molar-refractivity contribution in [2.75, 3.05) is 0 Å². The molecule has 6 heavy (non-hydrogen) atoms. The minimum absolute atomic E-state index is 0.993. The van der Waals surface area contributed by atoms with Crippen LogP contribution < -0.4 is 5.59 Å². The van der Waals surface area contributed by atoms with Gasteiger partial charge in [0.25, 0.3) is 0 Å². The lowest BCUT2D eigenvalue weighted by Crippen LogP contribution is -2.04. The highest BCUT2D eigenvalue weighted by Crippen LogP contribution is 1.70. The molecule has 0 fully saturated rings. The van der Waals surface area contributed by atoms with E-state index in [1.807, 2.05) is 0 Å². The second-order valence-corrected chi connectivity index (χ2v) is 0.438. The average Bonchev–Trinajstić information content (AvgIpc) is 1.35. The van der Waals surface area contributed by atoms with Gasteiger partial charge in [-0.05, 0) is 0 Å². The van der Waals surface area contributed by atoms with E-state index in [0.29, 0.717) is 0 Å². The molecule has 2 N–H and O–H groups in total. The molecule has 0 unspecified atom stereocenters. The Labute approximate surface area is 32.8 Å². The SMILES string of the molecule is O=[N+]([O-])[N-]NO. The van der Waals surface area contributed by atoms with Crippen molar-refractivity contribution in [3.63, 3.8) is 0 Å². The van der Waals surface area contributed by atoms with Crippen LogP contribution in [0.3, 0.4) is 0 Å². The Morgan fingerprint density at radius 3 is 2.50 bits per heavy atom. The van der Waals surface area contributed by atoms with Crippen molar-refractivity contribution in [3.8, 4) is 0 Å². The van der Waals surface area contributed by atoms with E-state index >= 15 is 0 Å². The van der Waals surface area contributed by atoms with Crippen LogP contribution in [0.15, 0.2) is 0 Å². The molecule has 0 rings (SSSR count). The molecule has 0 heterocycles. The molecule has 0 aromatic carbocycles. The second-order valence-electron chi connectivity index (χ2n) is 0.438. The highest BCUT2D eigenvalue weighted by atomic mass is 16.7. The van der Waals surface area contributed by atoms with Gasteiger partial charge in [0.15, 0.2) is 0 Å². The fraction of sp³-hybridized carbons (Fsp3) is 0. The first kappa shape index (κ1) is 5.12. The van der Waals surface area contributed by atoms with Gasteiger partial charge in [-0.3, -0.25) is 15.6 Å². The summed E-state index contributed by atoms with van der Waals surface area (Å²) in [4.78, 5) is 9.02. The molecule has 0 amide bonds. The van der Waals surface area contributed by atoms with Gasteiger partial charge in [0.2, 0.25) is 0 Å². The lowest BCUT2D eigenvalue weighted by Gasteiger charge is -2.00. The van der Waals surface area contributed by atoms with Gasteiger partial charge in [-0.1, -0.05) is 0 Å². The molecule has 0 saturated heterocycles. The number of nitrogens with one attached hydrogen (secondary N) is 1. The molecule has 0 aliphatic heterocycles. The molecule has 0 bridgehead atoms. The Hall–Kier alpha value is -0.880. The molecule has 6 heteroatoms. The Bertz CT molecular complexity index is 50.0. The summed E-state index contributed by atoms with van der Waals surface area (Å²) in [5.74, 6) is 0. The van der Waals surface area contributed by atoms with Gasteiger partial charge in [0.1, 0.15) is 0 Å². The van der Waals surface area contributed by atoms with Gasteiger partial charge in [-0.2, -0.15) is 0 Å². The predicted molar refractivity (Wildman–Crippen MR) is 15.3 cm³/mol. The molecule has 6 nitrogen and oxygen atoms in total. The van der Waals surface area contributed by atoms with Crippen molar-refractivity contribution in [2.45, 2.75) is 0 Å². The molecule has 0 aliphatic rings. The predicted octanol–water partition coefficient (Wildman–Crippen LogP) is -0.554. The zero-order valence-corrected chi connectivity index (χ0v) is 2.66. The summed E-state index contributed by atoms with van der Waals surface area (Å²) in [7, 11) is 0. The molecule has 0 aliphatic carbocycles. The van der Waals surface area contributed by atoms with Crippen molar-refractivity contribution in [1.82, 2.24) is 5.59 Å². The zero-order chi connectivity index (χ0) is 4.99. The Kier molecular flexibility index (Phi) is 2.02. The summed E-state index contributed by atoms with van der Waals surface area (Å²) in [5.41, 5.74) is 3.15. The van der Waals surface area contributed by atoms with Gasteiger partial charge in [0.05, 0.1) is 0 Å². The molecule has 0 spiro atoms. The minimum Gasteiger partial charge on any atom is -0.328 e. The molecule has 36 valence electrons. The van der Waals surface area contributed by atoms with E-state index in [0.717, 1.165) is 5.59 Å². The summed E-state index contributed by atoms with van der Waals surface area (Å²) < 4.78 is 0. The summed E-state index contributed by atoms with van der Waals surface area (Å²) in [6.07, 6.45) is 0. The van der Waals surface area contributed by atoms with Crippen molar-refractivity contribution in [3.05, 3.63) is 15.6 Å². The normalized spacial score (nSPS) is 7.50. The van der Waals surface area contributed by atoms with E-state index < -0.39 is 5.03 Å². The smallest absolute Gasteiger partial charge is 0.000993 e. The number of hydrogen-bond donors (Lipinski definition) is 2. The molecule has 0 radical (unpaired) electrons. The van der Waals surface area contributed by atoms with E-state index in [2.05, 4.69) is 5.53 Å². The maximum absolute atomic E-state index is 9.02. The summed E-state index contributed by atoms with van der Waals surface area (Å²) in [6, 6.07) is 0. The first-order chi connectivity index (χ1) is 2.77. The van der Waals surface area contributed by atoms with Crippen LogP contribution in [0.4, 0.5) is 0 Å². The minimum atomic E-state index is -1.06.